The zero-order valence-corrected chi connectivity index (χ0v) is 10.5. The second-order valence-corrected chi connectivity index (χ2v) is 4.66. The van der Waals surface area contributed by atoms with Gasteiger partial charge in [0, 0.05) is 18.3 Å². The smallest absolute Gasteiger partial charge is 0.0972 e. The van der Waals surface area contributed by atoms with E-state index in [1.54, 1.807) is 6.20 Å². The monoisotopic (exact) mass is 249 g/mol. The molecule has 0 aromatic carbocycles. The molecule has 0 fully saturated rings. The summed E-state index contributed by atoms with van der Waals surface area (Å²) in [5.74, 6) is 0. The van der Waals surface area contributed by atoms with Crippen LogP contribution < -0.4 is 0 Å². The molecule has 0 aliphatic heterocycles. The van der Waals surface area contributed by atoms with Gasteiger partial charge in [0.05, 0.1) is 16.7 Å². The fourth-order valence-corrected chi connectivity index (χ4v) is 2.37. The Bertz CT molecular complexity index is 458. The van der Waals surface area contributed by atoms with Crippen molar-refractivity contribution in [2.45, 2.75) is 32.3 Å². The van der Waals surface area contributed by atoms with E-state index in [2.05, 4.69) is 21.5 Å². The van der Waals surface area contributed by atoms with Crippen molar-refractivity contribution in [3.05, 3.63) is 40.7 Å². The van der Waals surface area contributed by atoms with Crippen LogP contribution in [0.5, 0.6) is 0 Å². The van der Waals surface area contributed by atoms with E-state index < -0.39 is 6.10 Å². The molecule has 90 valence electrons. The second kappa shape index (κ2) is 5.84. The average molecular weight is 249 g/mol. The van der Waals surface area contributed by atoms with Gasteiger partial charge in [-0.05, 0) is 30.1 Å². The maximum Gasteiger partial charge on any atom is 0.0972 e. The molecule has 1 unspecified atom stereocenters. The largest absolute Gasteiger partial charge is 0.387 e. The molecule has 2 aromatic rings. The van der Waals surface area contributed by atoms with Crippen molar-refractivity contribution < 1.29 is 5.11 Å². The summed E-state index contributed by atoms with van der Waals surface area (Å²) < 4.78 is 3.91. The minimum Gasteiger partial charge on any atom is -0.387 e. The van der Waals surface area contributed by atoms with Crippen LogP contribution in [0.3, 0.4) is 0 Å². The van der Waals surface area contributed by atoms with Gasteiger partial charge in [0.2, 0.25) is 0 Å². The first-order chi connectivity index (χ1) is 8.31. The van der Waals surface area contributed by atoms with Crippen LogP contribution >= 0.6 is 11.5 Å². The standard InChI is InChI=1S/C12H15N3OS/c1-2-5-10-12(17-15-14-10)11(16)8-9-6-3-4-7-13-9/h3-4,6-7,11,16H,2,5,8H2,1H3. The molecule has 0 spiro atoms. The third-order valence-corrected chi connectivity index (χ3v) is 3.37. The number of aliphatic hydroxyl groups is 1. The predicted molar refractivity (Wildman–Crippen MR) is 66.8 cm³/mol. The summed E-state index contributed by atoms with van der Waals surface area (Å²) in [5.41, 5.74) is 1.80. The van der Waals surface area contributed by atoms with Crippen LogP contribution in [0.4, 0.5) is 0 Å². The molecule has 0 aliphatic carbocycles. The van der Waals surface area contributed by atoms with Crippen molar-refractivity contribution in [3.8, 4) is 0 Å². The van der Waals surface area contributed by atoms with Gasteiger partial charge in [0.15, 0.2) is 0 Å². The molecule has 0 saturated heterocycles. The summed E-state index contributed by atoms with van der Waals surface area (Å²) in [5, 5.41) is 14.2. The number of aliphatic hydroxyl groups excluding tert-OH is 1. The van der Waals surface area contributed by atoms with E-state index in [1.165, 1.54) is 11.5 Å². The van der Waals surface area contributed by atoms with E-state index >= 15 is 0 Å². The topological polar surface area (TPSA) is 58.9 Å². The van der Waals surface area contributed by atoms with Crippen LogP contribution in [-0.4, -0.2) is 19.7 Å². The van der Waals surface area contributed by atoms with E-state index in [9.17, 15) is 5.11 Å². The molecule has 0 aliphatic rings. The molecule has 5 heteroatoms. The Kier molecular flexibility index (Phi) is 4.17. The van der Waals surface area contributed by atoms with Crippen molar-refractivity contribution in [3.63, 3.8) is 0 Å². The predicted octanol–water partition coefficient (Wildman–Crippen LogP) is 2.16. The summed E-state index contributed by atoms with van der Waals surface area (Å²) in [6.45, 7) is 2.09. The lowest BCUT2D eigenvalue weighted by atomic mass is 10.1. The highest BCUT2D eigenvalue weighted by atomic mass is 32.1. The Morgan fingerprint density at radius 3 is 3.00 bits per heavy atom. The van der Waals surface area contributed by atoms with Gasteiger partial charge in [-0.1, -0.05) is 23.9 Å². The van der Waals surface area contributed by atoms with E-state index in [-0.39, 0.29) is 0 Å². The number of rotatable bonds is 5. The van der Waals surface area contributed by atoms with Crippen molar-refractivity contribution in [1.29, 1.82) is 0 Å². The number of hydrogen-bond acceptors (Lipinski definition) is 5. The van der Waals surface area contributed by atoms with Crippen molar-refractivity contribution in [1.82, 2.24) is 14.6 Å². The number of aromatic nitrogens is 3. The van der Waals surface area contributed by atoms with Crippen LogP contribution in [0.25, 0.3) is 0 Å². The average Bonchev–Trinajstić information content (AvgIpc) is 2.79. The highest BCUT2D eigenvalue weighted by molar-refractivity contribution is 7.05. The third-order valence-electron chi connectivity index (χ3n) is 2.50. The van der Waals surface area contributed by atoms with Crippen molar-refractivity contribution >= 4 is 11.5 Å². The third kappa shape index (κ3) is 3.08. The molecule has 2 aromatic heterocycles. The summed E-state index contributed by atoms with van der Waals surface area (Å²) in [4.78, 5) is 5.08. The maximum absolute atomic E-state index is 10.2. The fraction of sp³-hybridized carbons (Fsp3) is 0.417. The normalized spacial score (nSPS) is 12.6. The molecular weight excluding hydrogens is 234 g/mol. The van der Waals surface area contributed by atoms with Gasteiger partial charge < -0.3 is 5.11 Å². The van der Waals surface area contributed by atoms with Crippen LogP contribution in [-0.2, 0) is 12.8 Å². The molecule has 0 bridgehead atoms. The molecule has 0 saturated carbocycles. The molecule has 1 N–H and O–H groups in total. The molecule has 2 heterocycles. The lowest BCUT2D eigenvalue weighted by Gasteiger charge is -2.08. The van der Waals surface area contributed by atoms with Crippen LogP contribution in [0.1, 0.15) is 35.7 Å². The summed E-state index contributed by atoms with van der Waals surface area (Å²) in [7, 11) is 0. The zero-order valence-electron chi connectivity index (χ0n) is 9.71. The first kappa shape index (κ1) is 12.1. The fourth-order valence-electron chi connectivity index (χ4n) is 1.69. The molecule has 17 heavy (non-hydrogen) atoms. The van der Waals surface area contributed by atoms with Gasteiger partial charge in [-0.3, -0.25) is 4.98 Å². The zero-order chi connectivity index (χ0) is 12.1. The Morgan fingerprint density at radius 1 is 1.41 bits per heavy atom. The second-order valence-electron chi connectivity index (χ2n) is 3.87. The molecule has 1 atom stereocenters. The summed E-state index contributed by atoms with van der Waals surface area (Å²) >= 11 is 1.28. The molecule has 0 amide bonds. The van der Waals surface area contributed by atoms with E-state index in [0.717, 1.165) is 29.1 Å². The van der Waals surface area contributed by atoms with Gasteiger partial charge >= 0.3 is 0 Å². The first-order valence-electron chi connectivity index (χ1n) is 5.70. The highest BCUT2D eigenvalue weighted by Crippen LogP contribution is 2.24. The van der Waals surface area contributed by atoms with Crippen LogP contribution in [0, 0.1) is 0 Å². The number of nitrogens with zero attached hydrogens (tertiary/aromatic N) is 3. The highest BCUT2D eigenvalue weighted by Gasteiger charge is 2.17. The van der Waals surface area contributed by atoms with Gasteiger partial charge in [0.1, 0.15) is 0 Å². The van der Waals surface area contributed by atoms with Crippen LogP contribution in [0.2, 0.25) is 0 Å². The Morgan fingerprint density at radius 2 is 2.29 bits per heavy atom. The lowest BCUT2D eigenvalue weighted by Crippen LogP contribution is -2.04. The molecular formula is C12H15N3OS. The van der Waals surface area contributed by atoms with Crippen molar-refractivity contribution in [2.75, 3.05) is 0 Å². The number of aryl methyl sites for hydroxylation is 1. The van der Waals surface area contributed by atoms with Crippen LogP contribution in [0.15, 0.2) is 24.4 Å². The maximum atomic E-state index is 10.2. The minimum atomic E-state index is -0.550. The lowest BCUT2D eigenvalue weighted by molar-refractivity contribution is 0.179. The van der Waals surface area contributed by atoms with Gasteiger partial charge in [0.25, 0.3) is 0 Å². The number of pyridine rings is 1. The SMILES string of the molecule is CCCc1nnsc1C(O)Cc1ccccn1. The van der Waals surface area contributed by atoms with Gasteiger partial charge in [-0.15, -0.1) is 5.10 Å². The van der Waals surface area contributed by atoms with E-state index in [4.69, 9.17) is 0 Å². The van der Waals surface area contributed by atoms with Crippen molar-refractivity contribution in [2.24, 2.45) is 0 Å². The minimum absolute atomic E-state index is 0.515. The molecule has 0 radical (unpaired) electrons. The van der Waals surface area contributed by atoms with Gasteiger partial charge in [-0.2, -0.15) is 0 Å². The summed E-state index contributed by atoms with van der Waals surface area (Å²) in [6.07, 6.45) is 3.58. The molecule has 4 nitrogen and oxygen atoms in total. The Labute approximate surface area is 105 Å². The molecule has 2 rings (SSSR count). The Balaban J connectivity index is 2.09. The first-order valence-corrected chi connectivity index (χ1v) is 6.47. The van der Waals surface area contributed by atoms with Gasteiger partial charge in [-0.25, -0.2) is 0 Å². The number of hydrogen-bond donors (Lipinski definition) is 1. The quantitative estimate of drug-likeness (QED) is 0.882. The van der Waals surface area contributed by atoms with E-state index in [0.29, 0.717) is 6.42 Å². The summed E-state index contributed by atoms with van der Waals surface area (Å²) in [6, 6.07) is 5.71. The van der Waals surface area contributed by atoms with E-state index in [1.807, 2.05) is 18.2 Å². The Hall–Kier alpha value is -1.33.